The summed E-state index contributed by atoms with van der Waals surface area (Å²) in [7, 11) is 0. The van der Waals surface area contributed by atoms with E-state index in [1.807, 2.05) is 6.07 Å². The molecule has 0 aliphatic carbocycles. The summed E-state index contributed by atoms with van der Waals surface area (Å²) < 4.78 is 17.4. The van der Waals surface area contributed by atoms with Crippen LogP contribution in [-0.4, -0.2) is 32.5 Å². The van der Waals surface area contributed by atoms with Crippen molar-refractivity contribution < 1.29 is 13.9 Å². The highest BCUT2D eigenvalue weighted by molar-refractivity contribution is 9.10. The quantitative estimate of drug-likeness (QED) is 0.749. The first-order chi connectivity index (χ1) is 8.86. The van der Waals surface area contributed by atoms with Gasteiger partial charge in [-0.2, -0.15) is 0 Å². The molecule has 1 aromatic rings. The third-order valence-corrected chi connectivity index (χ3v) is 3.65. The monoisotopic (exact) mass is 317 g/mol. The van der Waals surface area contributed by atoms with E-state index in [-0.39, 0.29) is 0 Å². The van der Waals surface area contributed by atoms with Crippen molar-refractivity contribution in [3.05, 3.63) is 22.6 Å². The van der Waals surface area contributed by atoms with Crippen molar-refractivity contribution in [2.24, 2.45) is 0 Å². The van der Waals surface area contributed by atoms with Gasteiger partial charge in [-0.3, -0.25) is 0 Å². The van der Waals surface area contributed by atoms with Crippen LogP contribution in [0.15, 0.2) is 21.2 Å². The van der Waals surface area contributed by atoms with E-state index in [4.69, 9.17) is 13.9 Å². The molecular weight excluding hydrogens is 298 g/mol. The normalized spacial score (nSPS) is 19.5. The molecule has 1 aromatic heterocycles. The van der Waals surface area contributed by atoms with Crippen LogP contribution in [0.1, 0.15) is 25.0 Å². The van der Waals surface area contributed by atoms with Gasteiger partial charge in [0.1, 0.15) is 5.76 Å². The fraction of sp³-hybridized carbons (Fsp3) is 0.692. The van der Waals surface area contributed by atoms with Gasteiger partial charge in [0.25, 0.3) is 0 Å². The highest BCUT2D eigenvalue weighted by atomic mass is 79.9. The van der Waals surface area contributed by atoms with Crippen LogP contribution < -0.4 is 5.32 Å². The zero-order valence-electron chi connectivity index (χ0n) is 10.5. The summed E-state index contributed by atoms with van der Waals surface area (Å²) in [5.41, 5.74) is 0. The van der Waals surface area contributed by atoms with Gasteiger partial charge in [-0.1, -0.05) is 0 Å². The Hall–Kier alpha value is -0.360. The van der Waals surface area contributed by atoms with E-state index in [2.05, 4.69) is 21.2 Å². The summed E-state index contributed by atoms with van der Waals surface area (Å²) >= 11 is 3.43. The summed E-state index contributed by atoms with van der Waals surface area (Å²) in [5.74, 6) is 0.940. The van der Waals surface area contributed by atoms with Crippen LogP contribution in [0.3, 0.4) is 0 Å². The number of hydrogen-bond acceptors (Lipinski definition) is 4. The minimum Gasteiger partial charge on any atom is -0.467 e. The van der Waals surface area contributed by atoms with Crippen molar-refractivity contribution in [2.45, 2.75) is 31.9 Å². The number of nitrogens with one attached hydrogen (secondary N) is 1. The third-order valence-electron chi connectivity index (χ3n) is 2.95. The smallest absolute Gasteiger partial charge is 0.131 e. The molecule has 1 saturated heterocycles. The Morgan fingerprint density at radius 2 is 2.44 bits per heavy atom. The Kier molecular flexibility index (Phi) is 6.20. The lowest BCUT2D eigenvalue weighted by molar-refractivity contribution is 0.0166. The molecule has 1 unspecified atom stereocenters. The fourth-order valence-corrected chi connectivity index (χ4v) is 2.28. The molecule has 1 fully saturated rings. The number of furan rings is 1. The van der Waals surface area contributed by atoms with Crippen LogP contribution in [0.2, 0.25) is 0 Å². The summed E-state index contributed by atoms with van der Waals surface area (Å²) in [6.07, 6.45) is 5.34. The van der Waals surface area contributed by atoms with E-state index in [0.29, 0.717) is 6.10 Å². The SMILES string of the molecule is Brc1ccoc1CNCCCOCC1CCCO1. The molecule has 0 aromatic carbocycles. The molecule has 5 heteroatoms. The van der Waals surface area contributed by atoms with Crippen LogP contribution in [0.5, 0.6) is 0 Å². The molecule has 18 heavy (non-hydrogen) atoms. The van der Waals surface area contributed by atoms with E-state index in [9.17, 15) is 0 Å². The van der Waals surface area contributed by atoms with Gasteiger partial charge in [-0.15, -0.1) is 0 Å². The molecule has 4 nitrogen and oxygen atoms in total. The lowest BCUT2D eigenvalue weighted by atomic mass is 10.2. The molecule has 0 bridgehead atoms. The van der Waals surface area contributed by atoms with Crippen molar-refractivity contribution >= 4 is 15.9 Å². The van der Waals surface area contributed by atoms with Crippen LogP contribution in [0.4, 0.5) is 0 Å². The highest BCUT2D eigenvalue weighted by Gasteiger charge is 2.14. The second-order valence-corrected chi connectivity index (χ2v) is 5.29. The Labute approximate surface area is 116 Å². The van der Waals surface area contributed by atoms with Gasteiger partial charge in [0, 0.05) is 13.2 Å². The van der Waals surface area contributed by atoms with Crippen LogP contribution in [0.25, 0.3) is 0 Å². The first-order valence-electron chi connectivity index (χ1n) is 6.48. The second-order valence-electron chi connectivity index (χ2n) is 4.43. The predicted octanol–water partition coefficient (Wildman–Crippen LogP) is 2.72. The van der Waals surface area contributed by atoms with E-state index < -0.39 is 0 Å². The number of rotatable bonds is 8. The molecule has 102 valence electrons. The first-order valence-corrected chi connectivity index (χ1v) is 7.27. The molecule has 2 heterocycles. The van der Waals surface area contributed by atoms with Gasteiger partial charge < -0.3 is 19.2 Å². The third kappa shape index (κ3) is 4.72. The Morgan fingerprint density at radius 1 is 1.50 bits per heavy atom. The highest BCUT2D eigenvalue weighted by Crippen LogP contribution is 2.16. The molecule has 0 radical (unpaired) electrons. The minimum absolute atomic E-state index is 0.331. The fourth-order valence-electron chi connectivity index (χ4n) is 1.94. The van der Waals surface area contributed by atoms with Gasteiger partial charge in [0.2, 0.25) is 0 Å². The molecule has 1 aliphatic heterocycles. The lowest BCUT2D eigenvalue weighted by Gasteiger charge is -2.10. The van der Waals surface area contributed by atoms with Crippen molar-refractivity contribution in [1.82, 2.24) is 5.32 Å². The van der Waals surface area contributed by atoms with E-state index >= 15 is 0 Å². The maximum atomic E-state index is 5.58. The zero-order valence-corrected chi connectivity index (χ0v) is 12.1. The van der Waals surface area contributed by atoms with E-state index in [0.717, 1.165) is 56.0 Å². The maximum absolute atomic E-state index is 5.58. The van der Waals surface area contributed by atoms with Crippen molar-refractivity contribution in [3.8, 4) is 0 Å². The molecular formula is C13H20BrNO3. The zero-order chi connectivity index (χ0) is 12.6. The van der Waals surface area contributed by atoms with Gasteiger partial charge in [0.05, 0.1) is 30.0 Å². The molecule has 1 aliphatic rings. The second kappa shape index (κ2) is 7.94. The van der Waals surface area contributed by atoms with Crippen LogP contribution in [0, 0.1) is 0 Å². The molecule has 2 rings (SSSR count). The molecule has 0 spiro atoms. The van der Waals surface area contributed by atoms with Crippen molar-refractivity contribution in [3.63, 3.8) is 0 Å². The van der Waals surface area contributed by atoms with Crippen LogP contribution >= 0.6 is 15.9 Å². The van der Waals surface area contributed by atoms with Gasteiger partial charge in [-0.25, -0.2) is 0 Å². The van der Waals surface area contributed by atoms with Crippen LogP contribution in [-0.2, 0) is 16.0 Å². The number of halogens is 1. The molecule has 0 saturated carbocycles. The first kappa shape index (κ1) is 14.1. The average Bonchev–Trinajstić information content (AvgIpc) is 3.00. The Balaban J connectivity index is 1.43. The van der Waals surface area contributed by atoms with E-state index in [1.54, 1.807) is 6.26 Å². The molecule has 0 amide bonds. The maximum Gasteiger partial charge on any atom is 0.131 e. The predicted molar refractivity (Wildman–Crippen MR) is 72.5 cm³/mol. The van der Waals surface area contributed by atoms with Crippen molar-refractivity contribution in [1.29, 1.82) is 0 Å². The van der Waals surface area contributed by atoms with E-state index in [1.165, 1.54) is 6.42 Å². The summed E-state index contributed by atoms with van der Waals surface area (Å²) in [4.78, 5) is 0. The van der Waals surface area contributed by atoms with Crippen molar-refractivity contribution in [2.75, 3.05) is 26.4 Å². The molecule has 1 N–H and O–H groups in total. The summed E-state index contributed by atoms with van der Waals surface area (Å²) in [6, 6.07) is 1.90. The Morgan fingerprint density at radius 3 is 3.17 bits per heavy atom. The standard InChI is InChI=1S/C13H20BrNO3/c14-12-4-8-18-13(12)9-15-5-2-6-16-10-11-3-1-7-17-11/h4,8,11,15H,1-3,5-7,9-10H2. The molecule has 1 atom stereocenters. The summed E-state index contributed by atoms with van der Waals surface area (Å²) in [5, 5.41) is 3.32. The van der Waals surface area contributed by atoms with Gasteiger partial charge in [-0.05, 0) is 47.8 Å². The lowest BCUT2D eigenvalue weighted by Crippen LogP contribution is -2.18. The van der Waals surface area contributed by atoms with Gasteiger partial charge in [0.15, 0.2) is 0 Å². The largest absolute Gasteiger partial charge is 0.467 e. The van der Waals surface area contributed by atoms with Gasteiger partial charge >= 0.3 is 0 Å². The summed E-state index contributed by atoms with van der Waals surface area (Å²) in [6.45, 7) is 4.10. The topological polar surface area (TPSA) is 43.6 Å². The average molecular weight is 318 g/mol. The Bertz CT molecular complexity index is 337. The minimum atomic E-state index is 0.331. The number of ether oxygens (including phenoxy) is 2. The number of hydrogen-bond donors (Lipinski definition) is 1.